The van der Waals surface area contributed by atoms with E-state index in [-0.39, 0.29) is 18.2 Å². The maximum Gasteiger partial charge on any atom is 0.317 e. The second-order valence-electron chi connectivity index (χ2n) is 6.02. The zero-order valence-electron chi connectivity index (χ0n) is 12.1. The fraction of sp³-hybridized carbons (Fsp3) is 0.929. The Morgan fingerprint density at radius 1 is 1.44 bits per heavy atom. The summed E-state index contributed by atoms with van der Waals surface area (Å²) in [6.07, 6.45) is 5.56. The Balaban J connectivity index is 2.66. The summed E-state index contributed by atoms with van der Waals surface area (Å²) in [5.41, 5.74) is -0.200. The summed E-state index contributed by atoms with van der Waals surface area (Å²) >= 11 is 0. The van der Waals surface area contributed by atoms with E-state index < -0.39 is 5.97 Å². The standard InChI is InChI=1S/C14H27NO3/c1-11(9-14(2,3)18-4)15(10-13(16)17)12-7-5-6-8-12/h11-12H,5-10H2,1-4H3,(H,16,17). The van der Waals surface area contributed by atoms with Crippen LogP contribution in [0.2, 0.25) is 0 Å². The maximum atomic E-state index is 11.0. The Morgan fingerprint density at radius 2 is 2.00 bits per heavy atom. The van der Waals surface area contributed by atoms with E-state index in [2.05, 4.69) is 25.7 Å². The van der Waals surface area contributed by atoms with Crippen LogP contribution in [0.1, 0.15) is 52.9 Å². The summed E-state index contributed by atoms with van der Waals surface area (Å²) < 4.78 is 5.45. The third-order valence-corrected chi connectivity index (χ3v) is 4.02. The zero-order valence-corrected chi connectivity index (χ0v) is 12.1. The highest BCUT2D eigenvalue weighted by Crippen LogP contribution is 2.28. The zero-order chi connectivity index (χ0) is 13.8. The number of hydrogen-bond donors (Lipinski definition) is 1. The van der Waals surface area contributed by atoms with Crippen LogP contribution >= 0.6 is 0 Å². The number of carbonyl (C=O) groups is 1. The fourth-order valence-corrected chi connectivity index (χ4v) is 2.95. The van der Waals surface area contributed by atoms with Gasteiger partial charge in [-0.15, -0.1) is 0 Å². The van der Waals surface area contributed by atoms with Crippen molar-refractivity contribution in [3.8, 4) is 0 Å². The Morgan fingerprint density at radius 3 is 2.44 bits per heavy atom. The highest BCUT2D eigenvalue weighted by Gasteiger charge is 2.31. The van der Waals surface area contributed by atoms with Gasteiger partial charge >= 0.3 is 5.97 Å². The predicted octanol–water partition coefficient (Wildman–Crippen LogP) is 2.52. The van der Waals surface area contributed by atoms with Crippen molar-refractivity contribution in [2.75, 3.05) is 13.7 Å². The first-order valence-electron chi connectivity index (χ1n) is 6.88. The lowest BCUT2D eigenvalue weighted by molar-refractivity contribution is -0.140. The van der Waals surface area contributed by atoms with Gasteiger partial charge in [0, 0.05) is 19.2 Å². The molecule has 0 heterocycles. The minimum Gasteiger partial charge on any atom is -0.480 e. The Kier molecular flexibility index (Phi) is 5.60. The molecule has 1 aliphatic carbocycles. The summed E-state index contributed by atoms with van der Waals surface area (Å²) in [6, 6.07) is 0.669. The van der Waals surface area contributed by atoms with Gasteiger partial charge in [-0.2, -0.15) is 0 Å². The van der Waals surface area contributed by atoms with Crippen LogP contribution in [-0.2, 0) is 9.53 Å². The number of carboxylic acid groups (broad SMARTS) is 1. The number of methoxy groups -OCH3 is 1. The lowest BCUT2D eigenvalue weighted by atomic mass is 9.97. The molecule has 0 radical (unpaired) electrons. The average Bonchev–Trinajstić information content (AvgIpc) is 2.78. The van der Waals surface area contributed by atoms with Gasteiger partial charge in [-0.1, -0.05) is 12.8 Å². The molecule has 1 aliphatic rings. The molecule has 4 nitrogen and oxygen atoms in total. The largest absolute Gasteiger partial charge is 0.480 e. The molecule has 1 fully saturated rings. The van der Waals surface area contributed by atoms with Crippen LogP contribution in [-0.4, -0.2) is 47.3 Å². The van der Waals surface area contributed by atoms with Crippen molar-refractivity contribution in [1.82, 2.24) is 4.90 Å². The summed E-state index contributed by atoms with van der Waals surface area (Å²) in [6.45, 7) is 6.36. The molecule has 4 heteroatoms. The minimum absolute atomic E-state index is 0.144. The molecule has 1 N–H and O–H groups in total. The van der Waals surface area contributed by atoms with E-state index in [1.807, 2.05) is 0 Å². The van der Waals surface area contributed by atoms with E-state index in [0.717, 1.165) is 19.3 Å². The topological polar surface area (TPSA) is 49.8 Å². The third-order valence-electron chi connectivity index (χ3n) is 4.02. The van der Waals surface area contributed by atoms with Gasteiger partial charge < -0.3 is 9.84 Å². The van der Waals surface area contributed by atoms with Gasteiger partial charge in [0.1, 0.15) is 0 Å². The van der Waals surface area contributed by atoms with Gasteiger partial charge in [0.25, 0.3) is 0 Å². The molecular weight excluding hydrogens is 230 g/mol. The van der Waals surface area contributed by atoms with Crippen LogP contribution in [0.4, 0.5) is 0 Å². The first-order chi connectivity index (χ1) is 8.35. The van der Waals surface area contributed by atoms with Crippen molar-refractivity contribution in [3.63, 3.8) is 0 Å². The molecule has 0 aromatic rings. The quantitative estimate of drug-likeness (QED) is 0.761. The summed E-state index contributed by atoms with van der Waals surface area (Å²) in [5, 5.41) is 9.08. The van der Waals surface area contributed by atoms with Crippen molar-refractivity contribution < 1.29 is 14.6 Å². The second kappa shape index (κ2) is 6.53. The number of hydrogen-bond acceptors (Lipinski definition) is 3. The summed E-state index contributed by atoms with van der Waals surface area (Å²) in [5.74, 6) is -0.732. The van der Waals surface area contributed by atoms with Crippen LogP contribution in [0.15, 0.2) is 0 Å². The van der Waals surface area contributed by atoms with Crippen molar-refractivity contribution in [3.05, 3.63) is 0 Å². The van der Waals surface area contributed by atoms with Crippen molar-refractivity contribution in [2.24, 2.45) is 0 Å². The summed E-state index contributed by atoms with van der Waals surface area (Å²) in [7, 11) is 1.71. The molecule has 0 spiro atoms. The maximum absolute atomic E-state index is 11.0. The molecule has 0 aliphatic heterocycles. The van der Waals surface area contributed by atoms with E-state index in [1.165, 1.54) is 12.8 Å². The molecule has 1 rings (SSSR count). The molecule has 1 saturated carbocycles. The molecule has 0 bridgehead atoms. The van der Waals surface area contributed by atoms with Gasteiger partial charge in [-0.05, 0) is 40.0 Å². The minimum atomic E-state index is -0.732. The van der Waals surface area contributed by atoms with Crippen molar-refractivity contribution >= 4 is 5.97 Å². The van der Waals surface area contributed by atoms with Crippen LogP contribution in [0.25, 0.3) is 0 Å². The average molecular weight is 257 g/mol. The molecule has 1 unspecified atom stereocenters. The van der Waals surface area contributed by atoms with E-state index in [4.69, 9.17) is 9.84 Å². The highest BCUT2D eigenvalue weighted by molar-refractivity contribution is 5.69. The molecule has 0 amide bonds. The van der Waals surface area contributed by atoms with Gasteiger partial charge in [0.05, 0.1) is 12.1 Å². The van der Waals surface area contributed by atoms with E-state index >= 15 is 0 Å². The third kappa shape index (κ3) is 4.58. The lowest BCUT2D eigenvalue weighted by Gasteiger charge is -2.37. The molecular formula is C14H27NO3. The van der Waals surface area contributed by atoms with Gasteiger partial charge in [0.15, 0.2) is 0 Å². The Labute approximate surface area is 110 Å². The number of aliphatic carboxylic acids is 1. The fourth-order valence-electron chi connectivity index (χ4n) is 2.95. The number of nitrogens with zero attached hydrogens (tertiary/aromatic N) is 1. The van der Waals surface area contributed by atoms with Gasteiger partial charge in [-0.25, -0.2) is 0 Å². The van der Waals surface area contributed by atoms with Gasteiger partial charge in [0.2, 0.25) is 0 Å². The number of rotatable bonds is 7. The first-order valence-corrected chi connectivity index (χ1v) is 6.88. The van der Waals surface area contributed by atoms with Crippen molar-refractivity contribution in [1.29, 1.82) is 0 Å². The monoisotopic (exact) mass is 257 g/mol. The smallest absolute Gasteiger partial charge is 0.317 e. The highest BCUT2D eigenvalue weighted by atomic mass is 16.5. The molecule has 0 aromatic carbocycles. The van der Waals surface area contributed by atoms with Crippen LogP contribution < -0.4 is 0 Å². The molecule has 0 saturated heterocycles. The van der Waals surface area contributed by atoms with E-state index in [1.54, 1.807) is 7.11 Å². The summed E-state index contributed by atoms with van der Waals surface area (Å²) in [4.78, 5) is 13.2. The number of ether oxygens (including phenoxy) is 1. The molecule has 1 atom stereocenters. The predicted molar refractivity (Wildman–Crippen MR) is 71.8 cm³/mol. The number of carboxylic acids is 1. The first kappa shape index (κ1) is 15.4. The molecule has 0 aromatic heterocycles. The lowest BCUT2D eigenvalue weighted by Crippen LogP contribution is -2.46. The van der Waals surface area contributed by atoms with Gasteiger partial charge in [-0.3, -0.25) is 9.69 Å². The van der Waals surface area contributed by atoms with Crippen LogP contribution in [0.5, 0.6) is 0 Å². The van der Waals surface area contributed by atoms with Crippen LogP contribution in [0, 0.1) is 0 Å². The Bertz CT molecular complexity index is 272. The van der Waals surface area contributed by atoms with Crippen molar-refractivity contribution in [2.45, 2.75) is 70.6 Å². The normalized spacial score (nSPS) is 19.4. The Hall–Kier alpha value is -0.610. The second-order valence-corrected chi connectivity index (χ2v) is 6.02. The molecule has 106 valence electrons. The SMILES string of the molecule is COC(C)(C)CC(C)N(CC(=O)O)C1CCCC1. The molecule has 18 heavy (non-hydrogen) atoms. The van der Waals surface area contributed by atoms with E-state index in [0.29, 0.717) is 6.04 Å². The van der Waals surface area contributed by atoms with E-state index in [9.17, 15) is 4.79 Å². The van der Waals surface area contributed by atoms with Crippen LogP contribution in [0.3, 0.4) is 0 Å².